The van der Waals surface area contributed by atoms with Crippen molar-refractivity contribution in [3.63, 3.8) is 0 Å². The van der Waals surface area contributed by atoms with Crippen LogP contribution in [0.15, 0.2) is 0 Å². The predicted molar refractivity (Wildman–Crippen MR) is 65.8 cm³/mol. The van der Waals surface area contributed by atoms with Crippen molar-refractivity contribution in [3.05, 3.63) is 0 Å². The summed E-state index contributed by atoms with van der Waals surface area (Å²) in [5.41, 5.74) is 0. The molecule has 1 fully saturated rings. The van der Waals surface area contributed by atoms with E-state index in [0.717, 1.165) is 31.1 Å². The van der Waals surface area contributed by atoms with Gasteiger partial charge in [0.25, 0.3) is 0 Å². The molecule has 1 aliphatic heterocycles. The summed E-state index contributed by atoms with van der Waals surface area (Å²) in [6, 6.07) is -0.193. The maximum Gasteiger partial charge on any atom is 0.323 e. The van der Waals surface area contributed by atoms with Gasteiger partial charge in [-0.25, -0.2) is 0 Å². The van der Waals surface area contributed by atoms with E-state index in [1.165, 1.54) is 13.5 Å². The van der Waals surface area contributed by atoms with Crippen molar-refractivity contribution in [2.24, 2.45) is 0 Å². The van der Waals surface area contributed by atoms with Crippen molar-refractivity contribution in [1.29, 1.82) is 0 Å². The Bertz CT molecular complexity index is 207. The molecule has 1 heterocycles. The number of esters is 1. The fraction of sp³-hybridized carbons (Fsp3) is 0.909. The number of carbonyl (C=O) groups excluding carboxylic acids is 1. The first-order valence-electron chi connectivity index (χ1n) is 5.78. The van der Waals surface area contributed by atoms with Gasteiger partial charge in [-0.15, -0.1) is 0 Å². The summed E-state index contributed by atoms with van der Waals surface area (Å²) in [6.07, 6.45) is 2.69. The molecule has 1 saturated heterocycles. The van der Waals surface area contributed by atoms with Crippen LogP contribution in [-0.4, -0.2) is 49.9 Å². The molecular weight excluding hydrogens is 226 g/mol. The highest BCUT2D eigenvalue weighted by Crippen LogP contribution is 2.17. The normalized spacial score (nSPS) is 22.0. The number of thioether (sulfide) groups is 1. The van der Waals surface area contributed by atoms with Crippen molar-refractivity contribution in [3.8, 4) is 0 Å². The van der Waals surface area contributed by atoms with Crippen LogP contribution in [0.3, 0.4) is 0 Å². The highest BCUT2D eigenvalue weighted by molar-refractivity contribution is 7.99. The Hall–Kier alpha value is -0.260. The third kappa shape index (κ3) is 4.72. The number of rotatable bonds is 7. The summed E-state index contributed by atoms with van der Waals surface area (Å²) in [4.78, 5) is 11.4. The quantitative estimate of drug-likeness (QED) is 0.681. The van der Waals surface area contributed by atoms with Gasteiger partial charge < -0.3 is 14.8 Å². The molecule has 0 aliphatic carbocycles. The molecule has 0 spiro atoms. The summed E-state index contributed by atoms with van der Waals surface area (Å²) < 4.78 is 10.3. The SMILES string of the molecule is CCNC(CSCC1CCCO1)C(=O)OC. The van der Waals surface area contributed by atoms with E-state index in [1.807, 2.05) is 6.92 Å². The Kier molecular flexibility index (Phi) is 6.84. The molecule has 1 aliphatic rings. The van der Waals surface area contributed by atoms with Crippen molar-refractivity contribution in [1.82, 2.24) is 5.32 Å². The molecule has 4 nitrogen and oxygen atoms in total. The number of hydrogen-bond acceptors (Lipinski definition) is 5. The average Bonchev–Trinajstić information content (AvgIpc) is 2.80. The Morgan fingerprint density at radius 3 is 3.06 bits per heavy atom. The van der Waals surface area contributed by atoms with Gasteiger partial charge in [-0.2, -0.15) is 11.8 Å². The number of carbonyl (C=O) groups is 1. The number of ether oxygens (including phenoxy) is 2. The maximum atomic E-state index is 11.4. The zero-order valence-electron chi connectivity index (χ0n) is 10.0. The zero-order chi connectivity index (χ0) is 11.8. The molecule has 0 bridgehead atoms. The van der Waals surface area contributed by atoms with Gasteiger partial charge in [-0.1, -0.05) is 6.92 Å². The van der Waals surface area contributed by atoms with Gasteiger partial charge in [-0.3, -0.25) is 4.79 Å². The monoisotopic (exact) mass is 247 g/mol. The lowest BCUT2D eigenvalue weighted by molar-refractivity contribution is -0.142. The lowest BCUT2D eigenvalue weighted by Gasteiger charge is -2.16. The molecule has 5 heteroatoms. The fourth-order valence-electron chi connectivity index (χ4n) is 1.69. The molecule has 94 valence electrons. The minimum absolute atomic E-state index is 0.179. The van der Waals surface area contributed by atoms with Crippen LogP contribution in [0, 0.1) is 0 Å². The molecule has 1 N–H and O–H groups in total. The molecular formula is C11H21NO3S. The van der Waals surface area contributed by atoms with Crippen LogP contribution in [0.2, 0.25) is 0 Å². The van der Waals surface area contributed by atoms with Gasteiger partial charge >= 0.3 is 5.97 Å². The lowest BCUT2D eigenvalue weighted by Crippen LogP contribution is -2.39. The van der Waals surface area contributed by atoms with E-state index < -0.39 is 0 Å². The van der Waals surface area contributed by atoms with E-state index >= 15 is 0 Å². The van der Waals surface area contributed by atoms with Gasteiger partial charge in [0.2, 0.25) is 0 Å². The largest absolute Gasteiger partial charge is 0.468 e. The lowest BCUT2D eigenvalue weighted by atomic mass is 10.3. The molecule has 16 heavy (non-hydrogen) atoms. The van der Waals surface area contributed by atoms with E-state index in [2.05, 4.69) is 5.32 Å². The van der Waals surface area contributed by atoms with E-state index in [-0.39, 0.29) is 12.0 Å². The smallest absolute Gasteiger partial charge is 0.323 e. The van der Waals surface area contributed by atoms with Gasteiger partial charge in [0.05, 0.1) is 13.2 Å². The zero-order valence-corrected chi connectivity index (χ0v) is 10.8. The maximum absolute atomic E-state index is 11.4. The van der Waals surface area contributed by atoms with Gasteiger partial charge in [0, 0.05) is 18.1 Å². The Balaban J connectivity index is 2.18. The highest BCUT2D eigenvalue weighted by Gasteiger charge is 2.20. The number of methoxy groups -OCH3 is 1. The van der Waals surface area contributed by atoms with E-state index in [1.54, 1.807) is 11.8 Å². The Morgan fingerprint density at radius 1 is 1.69 bits per heavy atom. The molecule has 0 aromatic carbocycles. The summed E-state index contributed by atoms with van der Waals surface area (Å²) in [5, 5.41) is 3.12. The predicted octanol–water partition coefficient (Wildman–Crippen LogP) is 1.05. The third-order valence-electron chi connectivity index (χ3n) is 2.55. The first-order valence-corrected chi connectivity index (χ1v) is 6.94. The molecule has 0 saturated carbocycles. The molecule has 0 radical (unpaired) electrons. The van der Waals surface area contributed by atoms with E-state index in [9.17, 15) is 4.79 Å². The second-order valence-electron chi connectivity index (χ2n) is 3.81. The molecule has 2 atom stereocenters. The first kappa shape index (κ1) is 13.8. The summed E-state index contributed by atoms with van der Waals surface area (Å²) in [7, 11) is 1.43. The van der Waals surface area contributed by atoms with E-state index in [4.69, 9.17) is 9.47 Å². The molecule has 0 amide bonds. The summed E-state index contributed by atoms with van der Waals surface area (Å²) >= 11 is 1.75. The molecule has 0 aromatic heterocycles. The number of likely N-dealkylation sites (N-methyl/N-ethyl adjacent to an activating group) is 1. The van der Waals surface area contributed by atoms with Gasteiger partial charge in [0.1, 0.15) is 6.04 Å². The minimum Gasteiger partial charge on any atom is -0.468 e. The van der Waals surface area contributed by atoms with Crippen LogP contribution in [0.4, 0.5) is 0 Å². The Morgan fingerprint density at radius 2 is 2.50 bits per heavy atom. The van der Waals surface area contributed by atoms with Gasteiger partial charge in [0.15, 0.2) is 0 Å². The molecule has 1 rings (SSSR count). The average molecular weight is 247 g/mol. The van der Waals surface area contributed by atoms with Crippen molar-refractivity contribution < 1.29 is 14.3 Å². The topological polar surface area (TPSA) is 47.6 Å². The summed E-state index contributed by atoms with van der Waals surface area (Å²) in [5.74, 6) is 1.54. The minimum atomic E-state index is -0.193. The van der Waals surface area contributed by atoms with E-state index in [0.29, 0.717) is 6.10 Å². The van der Waals surface area contributed by atoms with Crippen LogP contribution >= 0.6 is 11.8 Å². The summed E-state index contributed by atoms with van der Waals surface area (Å²) in [6.45, 7) is 3.65. The third-order valence-corrected chi connectivity index (χ3v) is 3.73. The Labute approximate surface area is 101 Å². The number of hydrogen-bond donors (Lipinski definition) is 1. The van der Waals surface area contributed by atoms with Crippen molar-refractivity contribution in [2.75, 3.05) is 31.8 Å². The van der Waals surface area contributed by atoms with Crippen LogP contribution in [0.5, 0.6) is 0 Å². The van der Waals surface area contributed by atoms with Crippen LogP contribution in [0.1, 0.15) is 19.8 Å². The van der Waals surface area contributed by atoms with Gasteiger partial charge in [-0.05, 0) is 19.4 Å². The number of nitrogens with one attached hydrogen (secondary N) is 1. The second kappa shape index (κ2) is 7.92. The standard InChI is InChI=1S/C11H21NO3S/c1-3-12-10(11(13)14-2)8-16-7-9-5-4-6-15-9/h9-10,12H,3-8H2,1-2H3. The first-order chi connectivity index (χ1) is 7.77. The molecule has 2 unspecified atom stereocenters. The van der Waals surface area contributed by atoms with Crippen molar-refractivity contribution >= 4 is 17.7 Å². The van der Waals surface area contributed by atoms with Crippen LogP contribution in [0.25, 0.3) is 0 Å². The highest BCUT2D eigenvalue weighted by atomic mass is 32.2. The second-order valence-corrected chi connectivity index (χ2v) is 4.88. The fourth-order valence-corrected chi connectivity index (χ4v) is 2.84. The van der Waals surface area contributed by atoms with Crippen molar-refractivity contribution in [2.45, 2.75) is 31.9 Å². The molecule has 0 aromatic rings. The van der Waals surface area contributed by atoms with Crippen LogP contribution < -0.4 is 5.32 Å². The van der Waals surface area contributed by atoms with Crippen LogP contribution in [-0.2, 0) is 14.3 Å².